The predicted octanol–water partition coefficient (Wildman–Crippen LogP) is 5.96. The molecule has 0 aliphatic rings. The van der Waals surface area contributed by atoms with Crippen molar-refractivity contribution >= 4 is 64.1 Å². The van der Waals surface area contributed by atoms with Crippen LogP contribution in [0, 0.1) is 10.1 Å². The Hall–Kier alpha value is -3.39. The molecule has 3 rings (SSSR count). The SMILES string of the molecule is O=C(Nc1ccc(Cl)c(Cl)c1)C(=Cc1cccc([N+](=O)[O-])c1)NC(=O)c1ccccc1Cl. The largest absolute Gasteiger partial charge is 0.321 e. The van der Waals surface area contributed by atoms with Gasteiger partial charge in [-0.25, -0.2) is 0 Å². The first-order valence-corrected chi connectivity index (χ1v) is 10.2. The van der Waals surface area contributed by atoms with Crippen LogP contribution in [0.5, 0.6) is 0 Å². The average Bonchev–Trinajstić information content (AvgIpc) is 2.76. The summed E-state index contributed by atoms with van der Waals surface area (Å²) in [6.07, 6.45) is 1.31. The molecule has 0 aliphatic heterocycles. The van der Waals surface area contributed by atoms with E-state index >= 15 is 0 Å². The van der Waals surface area contributed by atoms with Gasteiger partial charge >= 0.3 is 0 Å². The first kappa shape index (κ1) is 23.3. The van der Waals surface area contributed by atoms with E-state index < -0.39 is 16.7 Å². The molecule has 3 aromatic rings. The van der Waals surface area contributed by atoms with Crippen molar-refractivity contribution in [2.75, 3.05) is 5.32 Å². The Bertz CT molecular complexity index is 1240. The normalized spacial score (nSPS) is 11.0. The van der Waals surface area contributed by atoms with Crippen LogP contribution in [0.4, 0.5) is 11.4 Å². The second-order valence-electron chi connectivity index (χ2n) is 6.43. The number of non-ortho nitro benzene ring substituents is 1. The Morgan fingerprint density at radius 1 is 0.875 bits per heavy atom. The average molecular weight is 491 g/mol. The highest BCUT2D eigenvalue weighted by Crippen LogP contribution is 2.25. The third-order valence-corrected chi connectivity index (χ3v) is 5.25. The Morgan fingerprint density at radius 3 is 2.31 bits per heavy atom. The van der Waals surface area contributed by atoms with Crippen molar-refractivity contribution in [1.82, 2.24) is 5.32 Å². The summed E-state index contributed by atoms with van der Waals surface area (Å²) in [5.74, 6) is -1.31. The fraction of sp³-hybridized carbons (Fsp3) is 0. The van der Waals surface area contributed by atoms with Crippen LogP contribution in [-0.4, -0.2) is 16.7 Å². The van der Waals surface area contributed by atoms with E-state index in [-0.39, 0.29) is 27.0 Å². The van der Waals surface area contributed by atoms with Crippen LogP contribution in [0.2, 0.25) is 15.1 Å². The van der Waals surface area contributed by atoms with Crippen LogP contribution in [0.25, 0.3) is 6.08 Å². The van der Waals surface area contributed by atoms with E-state index in [4.69, 9.17) is 34.8 Å². The molecule has 7 nitrogen and oxygen atoms in total. The molecular formula is C22H14Cl3N3O4. The molecule has 0 spiro atoms. The Morgan fingerprint density at radius 2 is 1.62 bits per heavy atom. The van der Waals surface area contributed by atoms with Gasteiger partial charge in [-0.3, -0.25) is 19.7 Å². The van der Waals surface area contributed by atoms with E-state index in [0.717, 1.165) is 0 Å². The summed E-state index contributed by atoms with van der Waals surface area (Å²) in [7, 11) is 0. The summed E-state index contributed by atoms with van der Waals surface area (Å²) in [5, 5.41) is 16.9. The van der Waals surface area contributed by atoms with Gasteiger partial charge in [-0.05, 0) is 42.0 Å². The summed E-state index contributed by atoms with van der Waals surface area (Å²) in [6.45, 7) is 0. The fourth-order valence-corrected chi connectivity index (χ4v) is 3.18. The van der Waals surface area contributed by atoms with Crippen molar-refractivity contribution in [2.45, 2.75) is 0 Å². The zero-order valence-electron chi connectivity index (χ0n) is 16.1. The number of nitro benzene ring substituents is 1. The van der Waals surface area contributed by atoms with Crippen molar-refractivity contribution in [3.63, 3.8) is 0 Å². The van der Waals surface area contributed by atoms with Crippen LogP contribution in [0.15, 0.2) is 72.4 Å². The Balaban J connectivity index is 1.96. The molecular weight excluding hydrogens is 477 g/mol. The van der Waals surface area contributed by atoms with Crippen molar-refractivity contribution in [3.05, 3.63) is 109 Å². The highest BCUT2D eigenvalue weighted by Gasteiger charge is 2.18. The smallest absolute Gasteiger partial charge is 0.272 e. The minimum Gasteiger partial charge on any atom is -0.321 e. The van der Waals surface area contributed by atoms with Crippen LogP contribution in [0.3, 0.4) is 0 Å². The molecule has 0 bridgehead atoms. The topological polar surface area (TPSA) is 101 Å². The van der Waals surface area contributed by atoms with Gasteiger partial charge in [0.1, 0.15) is 5.70 Å². The van der Waals surface area contributed by atoms with Gasteiger partial charge in [-0.15, -0.1) is 0 Å². The van der Waals surface area contributed by atoms with Crippen molar-refractivity contribution < 1.29 is 14.5 Å². The summed E-state index contributed by atoms with van der Waals surface area (Å²) in [4.78, 5) is 36.2. The van der Waals surface area contributed by atoms with E-state index in [1.165, 1.54) is 54.6 Å². The second kappa shape index (κ2) is 10.3. The van der Waals surface area contributed by atoms with Gasteiger partial charge in [0, 0.05) is 17.8 Å². The van der Waals surface area contributed by atoms with Gasteiger partial charge < -0.3 is 10.6 Å². The number of amides is 2. The third-order valence-electron chi connectivity index (χ3n) is 4.18. The molecule has 3 aromatic carbocycles. The minimum atomic E-state index is -0.685. The highest BCUT2D eigenvalue weighted by molar-refractivity contribution is 6.42. The monoisotopic (exact) mass is 489 g/mol. The van der Waals surface area contributed by atoms with Gasteiger partial charge in [-0.2, -0.15) is 0 Å². The van der Waals surface area contributed by atoms with E-state index in [1.54, 1.807) is 18.2 Å². The number of nitro groups is 1. The van der Waals surface area contributed by atoms with Crippen LogP contribution in [0.1, 0.15) is 15.9 Å². The molecule has 0 saturated carbocycles. The minimum absolute atomic E-state index is 0.154. The lowest BCUT2D eigenvalue weighted by molar-refractivity contribution is -0.384. The van der Waals surface area contributed by atoms with E-state index in [2.05, 4.69) is 10.6 Å². The number of benzene rings is 3. The van der Waals surface area contributed by atoms with Crippen LogP contribution in [-0.2, 0) is 4.79 Å². The maximum atomic E-state index is 12.9. The lowest BCUT2D eigenvalue weighted by Gasteiger charge is -2.12. The fourth-order valence-electron chi connectivity index (χ4n) is 2.66. The zero-order chi connectivity index (χ0) is 23.3. The molecule has 2 N–H and O–H groups in total. The first-order chi connectivity index (χ1) is 15.2. The third kappa shape index (κ3) is 5.85. The second-order valence-corrected chi connectivity index (χ2v) is 7.65. The molecule has 32 heavy (non-hydrogen) atoms. The molecule has 162 valence electrons. The van der Waals surface area contributed by atoms with Gasteiger partial charge in [0.2, 0.25) is 0 Å². The molecule has 10 heteroatoms. The maximum absolute atomic E-state index is 12.9. The lowest BCUT2D eigenvalue weighted by Crippen LogP contribution is -2.31. The first-order valence-electron chi connectivity index (χ1n) is 9.03. The number of hydrogen-bond donors (Lipinski definition) is 2. The van der Waals surface area contributed by atoms with Crippen molar-refractivity contribution in [1.29, 1.82) is 0 Å². The number of carbonyl (C=O) groups is 2. The van der Waals surface area contributed by atoms with Gasteiger partial charge in [0.25, 0.3) is 17.5 Å². The van der Waals surface area contributed by atoms with E-state index in [9.17, 15) is 19.7 Å². The van der Waals surface area contributed by atoms with Crippen LogP contribution >= 0.6 is 34.8 Å². The molecule has 2 amide bonds. The molecule has 0 unspecified atom stereocenters. The lowest BCUT2D eigenvalue weighted by atomic mass is 10.1. The quantitative estimate of drug-likeness (QED) is 0.253. The van der Waals surface area contributed by atoms with Crippen LogP contribution < -0.4 is 10.6 Å². The standard InChI is InChI=1S/C22H14Cl3N3O4/c23-17-7-2-1-6-16(17)21(29)27-20(11-13-4-3-5-15(10-13)28(31)32)22(30)26-14-8-9-18(24)19(25)12-14/h1-12H,(H,26,30)(H,27,29). The molecule has 0 aliphatic carbocycles. The molecule has 0 fully saturated rings. The van der Waals surface area contributed by atoms with E-state index in [1.807, 2.05) is 0 Å². The molecule has 0 radical (unpaired) electrons. The van der Waals surface area contributed by atoms with Gasteiger partial charge in [0.05, 0.1) is 25.6 Å². The summed E-state index contributed by atoms with van der Waals surface area (Å²) in [6, 6.07) is 16.4. The molecule has 0 aromatic heterocycles. The molecule has 0 atom stereocenters. The van der Waals surface area contributed by atoms with Crippen molar-refractivity contribution in [2.24, 2.45) is 0 Å². The highest BCUT2D eigenvalue weighted by atomic mass is 35.5. The summed E-state index contributed by atoms with van der Waals surface area (Å²) >= 11 is 18.0. The number of halogens is 3. The number of carbonyl (C=O) groups excluding carboxylic acids is 2. The Labute approximate surface area is 197 Å². The number of nitrogens with one attached hydrogen (secondary N) is 2. The Kier molecular flexibility index (Phi) is 7.48. The summed E-state index contributed by atoms with van der Waals surface area (Å²) in [5.41, 5.74) is 0.489. The van der Waals surface area contributed by atoms with Gasteiger partial charge in [-0.1, -0.05) is 59.1 Å². The maximum Gasteiger partial charge on any atom is 0.272 e. The van der Waals surface area contributed by atoms with Crippen molar-refractivity contribution in [3.8, 4) is 0 Å². The number of anilines is 1. The summed E-state index contributed by atoms with van der Waals surface area (Å²) < 4.78 is 0. The predicted molar refractivity (Wildman–Crippen MR) is 125 cm³/mol. The molecule has 0 heterocycles. The van der Waals surface area contributed by atoms with Gasteiger partial charge in [0.15, 0.2) is 0 Å². The van der Waals surface area contributed by atoms with E-state index in [0.29, 0.717) is 16.3 Å². The number of rotatable bonds is 6. The number of hydrogen-bond acceptors (Lipinski definition) is 4. The zero-order valence-corrected chi connectivity index (χ0v) is 18.4. The number of nitrogens with zero attached hydrogens (tertiary/aromatic N) is 1. The molecule has 0 saturated heterocycles.